The van der Waals surface area contributed by atoms with Gasteiger partial charge in [0, 0.05) is 50.7 Å². The second-order valence-corrected chi connectivity index (χ2v) is 6.10. The van der Waals surface area contributed by atoms with E-state index in [9.17, 15) is 0 Å². The van der Waals surface area contributed by atoms with Gasteiger partial charge in [-0.3, -0.25) is 4.99 Å². The largest absolute Gasteiger partial charge is 0.404 e. The number of morpholine rings is 1. The molecule has 1 aliphatic heterocycles. The van der Waals surface area contributed by atoms with Crippen molar-refractivity contribution in [3.05, 3.63) is 36.0 Å². The van der Waals surface area contributed by atoms with Gasteiger partial charge >= 0.3 is 0 Å². The third kappa shape index (κ3) is 5.44. The molecular formula is C18H22N10O. The fourth-order valence-electron chi connectivity index (χ4n) is 2.68. The van der Waals surface area contributed by atoms with Crippen molar-refractivity contribution >= 4 is 29.1 Å². The predicted octanol–water partition coefficient (Wildman–Crippen LogP) is 0.282. The number of hydrogen-bond acceptors (Lipinski definition) is 11. The lowest BCUT2D eigenvalue weighted by Crippen LogP contribution is -2.42. The molecule has 150 valence electrons. The standard InChI is InChI=1S/C18H22N10O/c1-21-7-12(5-19)18-15(24-10-14-9-22-2-3-29-14)4-16(27-28-18)26-17-11-23-13(6-20)8-25-17/h4-5,7-8,11,14,22H,2-3,9-10,19H2,1H3,(H2,24,25,26,27)/b12-5+,21-7?. The van der Waals surface area contributed by atoms with E-state index in [-0.39, 0.29) is 11.8 Å². The summed E-state index contributed by atoms with van der Waals surface area (Å²) in [5.74, 6) is 0.907. The van der Waals surface area contributed by atoms with Gasteiger partial charge in [-0.15, -0.1) is 10.2 Å². The van der Waals surface area contributed by atoms with Crippen molar-refractivity contribution in [1.82, 2.24) is 25.5 Å². The molecule has 5 N–H and O–H groups in total. The summed E-state index contributed by atoms with van der Waals surface area (Å²) in [7, 11) is 1.66. The molecule has 0 bridgehead atoms. The van der Waals surface area contributed by atoms with Gasteiger partial charge in [-0.05, 0) is 0 Å². The average Bonchev–Trinajstić information content (AvgIpc) is 2.77. The molecule has 1 unspecified atom stereocenters. The minimum Gasteiger partial charge on any atom is -0.404 e. The van der Waals surface area contributed by atoms with E-state index >= 15 is 0 Å². The maximum Gasteiger partial charge on any atom is 0.158 e. The van der Waals surface area contributed by atoms with Crippen LogP contribution in [0.3, 0.4) is 0 Å². The second kappa shape index (κ2) is 10.1. The average molecular weight is 394 g/mol. The van der Waals surface area contributed by atoms with Crippen molar-refractivity contribution in [2.75, 3.05) is 43.9 Å². The van der Waals surface area contributed by atoms with Gasteiger partial charge in [0.25, 0.3) is 0 Å². The number of nitrogens with zero attached hydrogens (tertiary/aromatic N) is 6. The maximum absolute atomic E-state index is 8.83. The summed E-state index contributed by atoms with van der Waals surface area (Å²) in [6.07, 6.45) is 5.92. The van der Waals surface area contributed by atoms with Crippen LogP contribution in [0.15, 0.2) is 29.7 Å². The number of aromatic nitrogens is 4. The molecule has 3 heterocycles. The van der Waals surface area contributed by atoms with E-state index in [1.165, 1.54) is 18.6 Å². The van der Waals surface area contributed by atoms with Crippen molar-refractivity contribution in [3.8, 4) is 6.07 Å². The van der Waals surface area contributed by atoms with Gasteiger partial charge < -0.3 is 26.4 Å². The first-order valence-corrected chi connectivity index (χ1v) is 9.01. The first-order chi connectivity index (χ1) is 14.2. The van der Waals surface area contributed by atoms with Crippen LogP contribution >= 0.6 is 0 Å². The number of nitrogens with two attached hydrogens (primary N) is 1. The molecule has 1 aliphatic rings. The molecule has 2 aromatic rings. The van der Waals surface area contributed by atoms with Crippen molar-refractivity contribution in [2.24, 2.45) is 10.7 Å². The minimum atomic E-state index is 0.0377. The molecule has 0 amide bonds. The van der Waals surface area contributed by atoms with Gasteiger partial charge in [0.2, 0.25) is 0 Å². The number of hydrogen-bond donors (Lipinski definition) is 4. The Labute approximate surface area is 168 Å². The highest BCUT2D eigenvalue weighted by Gasteiger charge is 2.16. The molecule has 0 aliphatic carbocycles. The molecule has 1 saturated heterocycles. The Morgan fingerprint density at radius 2 is 2.31 bits per heavy atom. The van der Waals surface area contributed by atoms with Crippen LogP contribution in [-0.2, 0) is 4.74 Å². The van der Waals surface area contributed by atoms with Gasteiger partial charge in [-0.1, -0.05) is 0 Å². The first-order valence-electron chi connectivity index (χ1n) is 9.01. The zero-order valence-electron chi connectivity index (χ0n) is 16.0. The fraction of sp³-hybridized carbons (Fsp3) is 0.333. The molecule has 11 heteroatoms. The molecule has 0 saturated carbocycles. The Kier molecular flexibility index (Phi) is 6.99. The van der Waals surface area contributed by atoms with Crippen LogP contribution in [0.4, 0.5) is 17.3 Å². The van der Waals surface area contributed by atoms with Crippen molar-refractivity contribution in [1.29, 1.82) is 5.26 Å². The molecule has 3 rings (SSSR count). The van der Waals surface area contributed by atoms with Crippen LogP contribution < -0.4 is 21.7 Å². The Hall–Kier alpha value is -3.62. The summed E-state index contributed by atoms with van der Waals surface area (Å²) < 4.78 is 5.73. The summed E-state index contributed by atoms with van der Waals surface area (Å²) >= 11 is 0. The number of allylic oxidation sites excluding steroid dienone is 1. The molecule has 0 radical (unpaired) electrons. The van der Waals surface area contributed by atoms with E-state index in [1.807, 2.05) is 6.07 Å². The topological polar surface area (TPSA) is 159 Å². The van der Waals surface area contributed by atoms with Crippen LogP contribution in [0.1, 0.15) is 11.4 Å². The second-order valence-electron chi connectivity index (χ2n) is 6.10. The third-order valence-corrected chi connectivity index (χ3v) is 4.06. The normalized spacial score (nSPS) is 17.1. The molecule has 1 fully saturated rings. The summed E-state index contributed by atoms with van der Waals surface area (Å²) in [5.41, 5.74) is 7.90. The van der Waals surface area contributed by atoms with Gasteiger partial charge in [0.05, 0.1) is 30.8 Å². The Balaban J connectivity index is 1.83. The van der Waals surface area contributed by atoms with Gasteiger partial charge in [-0.25, -0.2) is 9.97 Å². The van der Waals surface area contributed by atoms with Crippen LogP contribution in [0.2, 0.25) is 0 Å². The maximum atomic E-state index is 8.83. The van der Waals surface area contributed by atoms with Crippen LogP contribution in [-0.4, -0.2) is 65.8 Å². The van der Waals surface area contributed by atoms with Crippen LogP contribution in [0.5, 0.6) is 0 Å². The van der Waals surface area contributed by atoms with Gasteiger partial charge in [0.15, 0.2) is 11.5 Å². The van der Waals surface area contributed by atoms with Crippen molar-refractivity contribution < 1.29 is 4.74 Å². The summed E-state index contributed by atoms with van der Waals surface area (Å²) in [4.78, 5) is 12.1. The number of anilines is 3. The molecule has 11 nitrogen and oxygen atoms in total. The van der Waals surface area contributed by atoms with E-state index in [0.29, 0.717) is 36.1 Å². The first kappa shape index (κ1) is 20.1. The SMILES string of the molecule is CN=C/C(=C\N)c1nnc(Nc2cnc(C#N)cn2)cc1NCC1CNCCO1. The highest BCUT2D eigenvalue weighted by Crippen LogP contribution is 2.23. The van der Waals surface area contributed by atoms with E-state index < -0.39 is 0 Å². The Bertz CT molecular complexity index is 913. The summed E-state index contributed by atoms with van der Waals surface area (Å²) in [6.45, 7) is 2.88. The monoisotopic (exact) mass is 394 g/mol. The lowest BCUT2D eigenvalue weighted by molar-refractivity contribution is 0.0372. The van der Waals surface area contributed by atoms with Crippen molar-refractivity contribution in [3.63, 3.8) is 0 Å². The number of rotatable bonds is 7. The molecule has 0 spiro atoms. The van der Waals surface area contributed by atoms with E-state index in [2.05, 4.69) is 41.1 Å². The summed E-state index contributed by atoms with van der Waals surface area (Å²) in [5, 5.41) is 27.0. The van der Waals surface area contributed by atoms with Crippen LogP contribution in [0, 0.1) is 11.3 Å². The highest BCUT2D eigenvalue weighted by molar-refractivity contribution is 6.10. The molecule has 0 aromatic carbocycles. The molecular weight excluding hydrogens is 372 g/mol. The van der Waals surface area contributed by atoms with E-state index in [1.54, 1.807) is 19.3 Å². The molecule has 2 aromatic heterocycles. The van der Waals surface area contributed by atoms with Gasteiger partial charge in [-0.2, -0.15) is 5.26 Å². The quantitative estimate of drug-likeness (QED) is 0.480. The van der Waals surface area contributed by atoms with Crippen molar-refractivity contribution in [2.45, 2.75) is 6.10 Å². The number of aliphatic imine (C=N–C) groups is 1. The lowest BCUT2D eigenvalue weighted by atomic mass is 10.1. The smallest absolute Gasteiger partial charge is 0.158 e. The van der Waals surface area contributed by atoms with Crippen LogP contribution in [0.25, 0.3) is 5.57 Å². The Morgan fingerprint density at radius 1 is 1.41 bits per heavy atom. The summed E-state index contributed by atoms with van der Waals surface area (Å²) in [6, 6.07) is 3.72. The predicted molar refractivity (Wildman–Crippen MR) is 110 cm³/mol. The molecule has 1 atom stereocenters. The Morgan fingerprint density at radius 3 is 2.97 bits per heavy atom. The highest BCUT2D eigenvalue weighted by atomic mass is 16.5. The zero-order valence-corrected chi connectivity index (χ0v) is 16.0. The number of nitriles is 1. The molecule has 29 heavy (non-hydrogen) atoms. The van der Waals surface area contributed by atoms with Gasteiger partial charge in [0.1, 0.15) is 17.6 Å². The van der Waals surface area contributed by atoms with E-state index in [0.717, 1.165) is 18.8 Å². The fourth-order valence-corrected chi connectivity index (χ4v) is 2.68. The minimum absolute atomic E-state index is 0.0377. The zero-order chi connectivity index (χ0) is 20.5. The van der Waals surface area contributed by atoms with E-state index in [4.69, 9.17) is 15.7 Å². The third-order valence-electron chi connectivity index (χ3n) is 4.06. The number of nitrogens with one attached hydrogen (secondary N) is 3. The lowest BCUT2D eigenvalue weighted by Gasteiger charge is -2.24. The number of ether oxygens (including phenoxy) is 1.